The number of hydrogen-bond acceptors (Lipinski definition) is 5. The number of pyridine rings is 1. The van der Waals surface area contributed by atoms with Crippen LogP contribution < -0.4 is 19.7 Å². The maximum Gasteiger partial charge on any atom is 0.417 e. The summed E-state index contributed by atoms with van der Waals surface area (Å²) in [5.41, 5.74) is -0.0997. The van der Waals surface area contributed by atoms with E-state index in [9.17, 15) is 18.0 Å². The molecule has 0 bridgehead atoms. The van der Waals surface area contributed by atoms with Crippen molar-refractivity contribution in [1.82, 2.24) is 4.98 Å². The number of carbonyl (C=O) groups excluding carboxylic acids is 1. The molecule has 2 fully saturated rings. The smallest absolute Gasteiger partial charge is 0.417 e. The summed E-state index contributed by atoms with van der Waals surface area (Å²) in [6.07, 6.45) is 1.55. The van der Waals surface area contributed by atoms with Crippen LogP contribution in [0.15, 0.2) is 36.5 Å². The van der Waals surface area contributed by atoms with Gasteiger partial charge in [-0.3, -0.25) is 4.79 Å². The highest BCUT2D eigenvalue weighted by Crippen LogP contribution is 2.47. The van der Waals surface area contributed by atoms with E-state index >= 15 is 0 Å². The van der Waals surface area contributed by atoms with Gasteiger partial charge in [0.25, 0.3) is 5.79 Å². The second-order valence-corrected chi connectivity index (χ2v) is 8.64. The minimum Gasteiger partial charge on any atom is -0.448 e. The first-order valence-corrected chi connectivity index (χ1v) is 10.9. The molecule has 9 heteroatoms. The molecule has 3 aliphatic rings. The molecule has 2 aliphatic heterocycles. The van der Waals surface area contributed by atoms with Crippen molar-refractivity contribution in [3.63, 3.8) is 0 Å². The maximum absolute atomic E-state index is 12.8. The van der Waals surface area contributed by atoms with Crippen LogP contribution in [0.3, 0.4) is 0 Å². The van der Waals surface area contributed by atoms with Crippen LogP contribution in [0.2, 0.25) is 0 Å². The van der Waals surface area contributed by atoms with Gasteiger partial charge in [-0.25, -0.2) is 4.98 Å². The van der Waals surface area contributed by atoms with Gasteiger partial charge in [-0.15, -0.1) is 0 Å². The molecule has 3 heterocycles. The summed E-state index contributed by atoms with van der Waals surface area (Å²) < 4.78 is 50.2. The third-order valence-electron chi connectivity index (χ3n) is 6.43. The number of carbonyl (C=O) groups is 1. The van der Waals surface area contributed by atoms with Gasteiger partial charge in [0.15, 0.2) is 11.5 Å². The number of rotatable bonds is 3. The van der Waals surface area contributed by atoms with Crippen molar-refractivity contribution < 1.29 is 27.4 Å². The largest absolute Gasteiger partial charge is 0.448 e. The first-order valence-electron chi connectivity index (χ1n) is 10.9. The van der Waals surface area contributed by atoms with Gasteiger partial charge in [0.1, 0.15) is 5.82 Å². The van der Waals surface area contributed by atoms with E-state index in [1.54, 1.807) is 0 Å². The monoisotopic (exact) mass is 447 g/mol. The number of benzene rings is 1. The highest BCUT2D eigenvalue weighted by Gasteiger charge is 2.44. The molecule has 6 nitrogen and oxygen atoms in total. The molecule has 1 saturated carbocycles. The molecule has 0 unspecified atom stereocenters. The number of alkyl halides is 3. The number of piperidine rings is 1. The summed E-state index contributed by atoms with van der Waals surface area (Å²) in [4.78, 5) is 18.6. The molecule has 1 amide bonds. The normalized spacial score (nSPS) is 20.0. The van der Waals surface area contributed by atoms with Crippen molar-refractivity contribution in [2.24, 2.45) is 5.92 Å². The van der Waals surface area contributed by atoms with E-state index in [2.05, 4.69) is 10.3 Å². The van der Waals surface area contributed by atoms with E-state index in [1.165, 1.54) is 6.07 Å². The Morgan fingerprint density at radius 2 is 1.78 bits per heavy atom. The molecule has 5 rings (SSSR count). The van der Waals surface area contributed by atoms with Gasteiger partial charge in [0.05, 0.1) is 5.56 Å². The fourth-order valence-electron chi connectivity index (χ4n) is 4.65. The zero-order chi connectivity index (χ0) is 22.3. The van der Waals surface area contributed by atoms with Crippen molar-refractivity contribution in [2.75, 3.05) is 23.3 Å². The van der Waals surface area contributed by atoms with Crippen LogP contribution >= 0.6 is 0 Å². The number of anilines is 2. The Balaban J connectivity index is 1.16. The van der Waals surface area contributed by atoms with Gasteiger partial charge in [0, 0.05) is 49.8 Å². The number of nitrogens with one attached hydrogen (secondary N) is 1. The van der Waals surface area contributed by atoms with Gasteiger partial charge in [0.2, 0.25) is 5.91 Å². The molecule has 0 radical (unpaired) electrons. The first kappa shape index (κ1) is 20.9. The lowest BCUT2D eigenvalue weighted by Gasteiger charge is -2.32. The number of nitrogens with zero attached hydrogens (tertiary/aromatic N) is 2. The van der Waals surface area contributed by atoms with E-state index in [1.807, 2.05) is 23.1 Å². The van der Waals surface area contributed by atoms with E-state index < -0.39 is 17.5 Å². The Hall–Kier alpha value is -2.97. The fourth-order valence-corrected chi connectivity index (χ4v) is 4.65. The summed E-state index contributed by atoms with van der Waals surface area (Å²) in [7, 11) is 0. The van der Waals surface area contributed by atoms with Crippen LogP contribution in [-0.2, 0) is 11.0 Å². The minimum absolute atomic E-state index is 0.0699. The maximum atomic E-state index is 12.8. The molecular formula is C23H24F3N3O3. The van der Waals surface area contributed by atoms with E-state index in [4.69, 9.17) is 9.47 Å². The van der Waals surface area contributed by atoms with Crippen LogP contribution in [0.4, 0.5) is 24.7 Å². The van der Waals surface area contributed by atoms with E-state index in [-0.39, 0.29) is 11.8 Å². The van der Waals surface area contributed by atoms with Crippen LogP contribution in [0.5, 0.6) is 11.5 Å². The summed E-state index contributed by atoms with van der Waals surface area (Å²) in [5, 5.41) is 2.97. The summed E-state index contributed by atoms with van der Waals surface area (Å²) in [6, 6.07) is 7.87. The second-order valence-electron chi connectivity index (χ2n) is 8.64. The Morgan fingerprint density at radius 3 is 2.44 bits per heavy atom. The molecule has 32 heavy (non-hydrogen) atoms. The Labute approximate surface area is 183 Å². The summed E-state index contributed by atoms with van der Waals surface area (Å²) in [5.74, 6) is 1.08. The Morgan fingerprint density at radius 1 is 1.06 bits per heavy atom. The quantitative estimate of drug-likeness (QED) is 0.718. The van der Waals surface area contributed by atoms with Crippen LogP contribution in [-0.4, -0.2) is 29.8 Å². The zero-order valence-corrected chi connectivity index (χ0v) is 17.5. The molecule has 1 N–H and O–H groups in total. The number of aromatic nitrogens is 1. The fraction of sp³-hybridized carbons (Fsp3) is 0.478. The predicted molar refractivity (Wildman–Crippen MR) is 112 cm³/mol. The van der Waals surface area contributed by atoms with Crippen molar-refractivity contribution in [2.45, 2.75) is 50.5 Å². The lowest BCUT2D eigenvalue weighted by Crippen LogP contribution is -2.38. The highest BCUT2D eigenvalue weighted by molar-refractivity contribution is 5.93. The van der Waals surface area contributed by atoms with Gasteiger partial charge >= 0.3 is 6.18 Å². The lowest BCUT2D eigenvalue weighted by molar-refractivity contribution is -0.137. The zero-order valence-electron chi connectivity index (χ0n) is 17.5. The predicted octanol–water partition coefficient (Wildman–Crippen LogP) is 5.00. The number of halogens is 3. The van der Waals surface area contributed by atoms with Crippen molar-refractivity contribution in [1.29, 1.82) is 0 Å². The number of hydrogen-bond donors (Lipinski definition) is 1. The molecule has 2 aromatic rings. The molecule has 1 aromatic carbocycles. The Kier molecular flexibility index (Phi) is 5.14. The standard InChI is InChI=1S/C23H24F3N3O3/c24-23(25,26)16-3-6-20(27-14-16)29-11-7-15(8-12-29)21(30)28-17-4-5-18-19(13-17)32-22(31-18)9-1-2-10-22/h3-6,13-15H,1-2,7-12H2,(H,28,30). The van der Waals surface area contributed by atoms with E-state index in [0.717, 1.165) is 37.9 Å². The topological polar surface area (TPSA) is 63.7 Å². The SMILES string of the molecule is O=C(Nc1ccc2c(c1)OC1(CCCC1)O2)C1CCN(c2ccc(C(F)(F)F)cn2)CC1. The molecule has 1 saturated heterocycles. The van der Waals surface area contributed by atoms with Gasteiger partial charge in [-0.05, 0) is 49.9 Å². The van der Waals surface area contributed by atoms with Crippen LogP contribution in [0, 0.1) is 5.92 Å². The van der Waals surface area contributed by atoms with Gasteiger partial charge in [-0.2, -0.15) is 13.2 Å². The highest BCUT2D eigenvalue weighted by atomic mass is 19.4. The van der Waals surface area contributed by atoms with Gasteiger partial charge < -0.3 is 19.7 Å². The number of ether oxygens (including phenoxy) is 2. The molecule has 0 atom stereocenters. The van der Waals surface area contributed by atoms with Crippen molar-refractivity contribution in [3.05, 3.63) is 42.1 Å². The molecule has 1 spiro atoms. The third kappa shape index (κ3) is 4.08. The molecular weight excluding hydrogens is 423 g/mol. The van der Waals surface area contributed by atoms with Crippen molar-refractivity contribution in [3.8, 4) is 11.5 Å². The summed E-state index contributed by atoms with van der Waals surface area (Å²) in [6.45, 7) is 1.11. The number of amides is 1. The van der Waals surface area contributed by atoms with Crippen molar-refractivity contribution >= 4 is 17.4 Å². The third-order valence-corrected chi connectivity index (χ3v) is 6.43. The second kappa shape index (κ2) is 7.86. The first-order chi connectivity index (χ1) is 15.3. The van der Waals surface area contributed by atoms with E-state index in [0.29, 0.717) is 48.9 Å². The minimum atomic E-state index is -4.40. The van der Waals surface area contributed by atoms with Crippen LogP contribution in [0.25, 0.3) is 0 Å². The molecule has 1 aromatic heterocycles. The lowest BCUT2D eigenvalue weighted by atomic mass is 9.95. The Bertz CT molecular complexity index is 996. The van der Waals surface area contributed by atoms with Gasteiger partial charge in [-0.1, -0.05) is 0 Å². The number of fused-ring (bicyclic) bond motifs is 1. The van der Waals surface area contributed by atoms with Crippen LogP contribution in [0.1, 0.15) is 44.1 Å². The summed E-state index contributed by atoms with van der Waals surface area (Å²) >= 11 is 0. The average molecular weight is 447 g/mol. The molecule has 1 aliphatic carbocycles. The molecule has 170 valence electrons. The average Bonchev–Trinajstić information content (AvgIpc) is 3.38.